The summed E-state index contributed by atoms with van der Waals surface area (Å²) in [6, 6.07) is 10.5. The van der Waals surface area contributed by atoms with Crippen LogP contribution in [0.3, 0.4) is 0 Å². The summed E-state index contributed by atoms with van der Waals surface area (Å²) >= 11 is 19.5. The van der Waals surface area contributed by atoms with Crippen molar-refractivity contribution in [3.8, 4) is 17.0 Å². The van der Waals surface area contributed by atoms with Crippen LogP contribution in [0.4, 0.5) is 0 Å². The molecule has 5 rings (SSSR count). The van der Waals surface area contributed by atoms with Crippen molar-refractivity contribution in [2.75, 3.05) is 13.2 Å². The molecule has 2 fully saturated rings. The molecule has 0 spiro atoms. The number of nitrogens with one attached hydrogen (secondary N) is 1. The van der Waals surface area contributed by atoms with Gasteiger partial charge in [0.05, 0.1) is 22.2 Å². The summed E-state index contributed by atoms with van der Waals surface area (Å²) in [6.07, 6.45) is 2.04. The van der Waals surface area contributed by atoms with Crippen molar-refractivity contribution in [2.24, 2.45) is 5.92 Å². The van der Waals surface area contributed by atoms with Gasteiger partial charge in [-0.2, -0.15) is 0 Å². The highest BCUT2D eigenvalue weighted by molar-refractivity contribution is 6.39. The molecule has 1 aliphatic heterocycles. The molecule has 1 aromatic heterocycles. The van der Waals surface area contributed by atoms with Crippen molar-refractivity contribution in [1.82, 2.24) is 10.5 Å². The van der Waals surface area contributed by atoms with Gasteiger partial charge in [-0.25, -0.2) is 0 Å². The second-order valence-electron chi connectivity index (χ2n) is 8.80. The minimum Gasteiger partial charge on any atom is -0.489 e. The van der Waals surface area contributed by atoms with Crippen LogP contribution in [0.15, 0.2) is 40.9 Å². The molecule has 10 heteroatoms. The number of amides is 1. The van der Waals surface area contributed by atoms with Crippen molar-refractivity contribution in [3.05, 3.63) is 68.4 Å². The van der Waals surface area contributed by atoms with E-state index in [1.807, 2.05) is 0 Å². The zero-order valence-electron chi connectivity index (χ0n) is 19.4. The van der Waals surface area contributed by atoms with E-state index in [2.05, 4.69) is 10.5 Å². The average Bonchev–Trinajstić information content (AvgIpc) is 3.49. The van der Waals surface area contributed by atoms with Gasteiger partial charge in [0.2, 0.25) is 5.91 Å². The van der Waals surface area contributed by atoms with E-state index in [-0.39, 0.29) is 19.1 Å². The Morgan fingerprint density at radius 3 is 2.56 bits per heavy atom. The number of hydrogen-bond donors (Lipinski definition) is 1. The second kappa shape index (κ2) is 10.3. The van der Waals surface area contributed by atoms with Crippen LogP contribution in [0, 0.1) is 5.92 Å². The second-order valence-corrected chi connectivity index (χ2v) is 10.0. The Kier molecular flexibility index (Phi) is 7.15. The third-order valence-electron chi connectivity index (χ3n) is 6.44. The van der Waals surface area contributed by atoms with E-state index >= 15 is 0 Å². The summed E-state index contributed by atoms with van der Waals surface area (Å²) < 4.78 is 16.9. The fourth-order valence-electron chi connectivity index (χ4n) is 4.52. The molecule has 0 bridgehead atoms. The first-order valence-corrected chi connectivity index (χ1v) is 12.8. The van der Waals surface area contributed by atoms with Gasteiger partial charge in [-0.05, 0) is 49.6 Å². The fraction of sp³-hybridized carbons (Fsp3) is 0.346. The first-order valence-electron chi connectivity index (χ1n) is 11.7. The number of aromatic nitrogens is 1. The van der Waals surface area contributed by atoms with Gasteiger partial charge in [0.15, 0.2) is 0 Å². The molecule has 2 atom stereocenters. The molecule has 2 aliphatic rings. The predicted molar refractivity (Wildman–Crippen MR) is 136 cm³/mol. The normalized spacial score (nSPS) is 19.3. The Morgan fingerprint density at radius 1 is 1.14 bits per heavy atom. The summed E-state index contributed by atoms with van der Waals surface area (Å²) in [4.78, 5) is 24.6. The smallest absolute Gasteiger partial charge is 0.319 e. The lowest BCUT2D eigenvalue weighted by atomic mass is 9.88. The topological polar surface area (TPSA) is 90.7 Å². The molecule has 1 amide bonds. The lowest BCUT2D eigenvalue weighted by Gasteiger charge is -2.18. The molecule has 1 saturated carbocycles. The van der Waals surface area contributed by atoms with E-state index in [0.717, 1.165) is 24.2 Å². The van der Waals surface area contributed by atoms with Crippen LogP contribution in [-0.2, 0) is 20.9 Å². The number of rotatable bonds is 8. The van der Waals surface area contributed by atoms with Gasteiger partial charge in [-0.15, -0.1) is 0 Å². The summed E-state index contributed by atoms with van der Waals surface area (Å²) in [6.45, 7) is 2.38. The third kappa shape index (κ3) is 4.80. The summed E-state index contributed by atoms with van der Waals surface area (Å²) in [5.41, 5.74) is 2.63. The van der Waals surface area contributed by atoms with E-state index < -0.39 is 17.8 Å². The van der Waals surface area contributed by atoms with Gasteiger partial charge in [-0.1, -0.05) is 52.1 Å². The lowest BCUT2D eigenvalue weighted by molar-refractivity contribution is -0.151. The van der Waals surface area contributed by atoms with E-state index in [4.69, 9.17) is 48.8 Å². The van der Waals surface area contributed by atoms with Gasteiger partial charge in [0.25, 0.3) is 0 Å². The summed E-state index contributed by atoms with van der Waals surface area (Å²) in [5, 5.41) is 8.35. The molecule has 36 heavy (non-hydrogen) atoms. The maximum absolute atomic E-state index is 12.4. The van der Waals surface area contributed by atoms with Crippen LogP contribution in [0.25, 0.3) is 11.3 Å². The number of esters is 1. The summed E-state index contributed by atoms with van der Waals surface area (Å²) in [7, 11) is 0. The Hall–Kier alpha value is -2.74. The van der Waals surface area contributed by atoms with Crippen LogP contribution in [-0.4, -0.2) is 30.2 Å². The number of benzene rings is 2. The highest BCUT2D eigenvalue weighted by Gasteiger charge is 2.43. The minimum absolute atomic E-state index is 0.177. The van der Waals surface area contributed by atoms with Gasteiger partial charge < -0.3 is 19.3 Å². The molecule has 1 saturated heterocycles. The molecule has 1 aliphatic carbocycles. The molecule has 0 radical (unpaired) electrons. The summed E-state index contributed by atoms with van der Waals surface area (Å²) in [5.74, 6) is -0.684. The first kappa shape index (κ1) is 24.9. The number of carbonyl (C=O) groups excluding carboxylic acids is 2. The molecule has 2 heterocycles. The van der Waals surface area contributed by atoms with Crippen LogP contribution < -0.4 is 10.1 Å². The molecule has 2 unspecified atom stereocenters. The SMILES string of the molecule is CCOC(=O)C1C(=O)NCC1c1ccc(OCc2c(-c3c(Cl)cccc3Cl)noc2C2CC2)cc1Cl. The Morgan fingerprint density at radius 2 is 1.89 bits per heavy atom. The molecule has 1 N–H and O–H groups in total. The molecular formula is C26H23Cl3N2O5. The zero-order chi connectivity index (χ0) is 25.4. The van der Waals surface area contributed by atoms with Crippen molar-refractivity contribution in [3.63, 3.8) is 0 Å². The van der Waals surface area contributed by atoms with E-state index in [1.165, 1.54) is 0 Å². The number of hydrogen-bond acceptors (Lipinski definition) is 6. The van der Waals surface area contributed by atoms with Crippen molar-refractivity contribution >= 4 is 46.7 Å². The zero-order valence-corrected chi connectivity index (χ0v) is 21.6. The van der Waals surface area contributed by atoms with E-state index in [9.17, 15) is 9.59 Å². The molecular weight excluding hydrogens is 527 g/mol. The van der Waals surface area contributed by atoms with E-state index in [0.29, 0.717) is 50.1 Å². The monoisotopic (exact) mass is 548 g/mol. The standard InChI is InChI=1S/C26H23Cl3N2O5/c1-2-34-26(33)21-16(11-30-25(21)32)15-9-8-14(10-20(15)29)35-12-17-23(31-36-24(17)13-6-7-13)22-18(27)4-3-5-19(22)28/h3-5,8-10,13,16,21H,2,6-7,11-12H2,1H3,(H,30,32). The highest BCUT2D eigenvalue weighted by atomic mass is 35.5. The lowest BCUT2D eigenvalue weighted by Crippen LogP contribution is -2.29. The average molecular weight is 550 g/mol. The number of carbonyl (C=O) groups is 2. The third-order valence-corrected chi connectivity index (χ3v) is 7.40. The molecule has 2 aromatic carbocycles. The largest absolute Gasteiger partial charge is 0.489 e. The molecule has 3 aromatic rings. The predicted octanol–water partition coefficient (Wildman–Crippen LogP) is 6.15. The minimum atomic E-state index is -0.935. The molecule has 188 valence electrons. The Bertz CT molecular complexity index is 1300. The van der Waals surface area contributed by atoms with Gasteiger partial charge >= 0.3 is 5.97 Å². The highest BCUT2D eigenvalue weighted by Crippen LogP contribution is 2.46. The van der Waals surface area contributed by atoms with Gasteiger partial charge in [0, 0.05) is 29.0 Å². The van der Waals surface area contributed by atoms with Gasteiger partial charge in [0.1, 0.15) is 29.7 Å². The maximum Gasteiger partial charge on any atom is 0.319 e. The van der Waals surface area contributed by atoms with Crippen molar-refractivity contribution < 1.29 is 23.6 Å². The van der Waals surface area contributed by atoms with Crippen molar-refractivity contribution in [2.45, 2.75) is 38.2 Å². The fourth-order valence-corrected chi connectivity index (χ4v) is 5.40. The van der Waals surface area contributed by atoms with E-state index in [1.54, 1.807) is 43.3 Å². The number of nitrogens with zero attached hydrogens (tertiary/aromatic N) is 1. The van der Waals surface area contributed by atoms with Crippen LogP contribution in [0.5, 0.6) is 5.75 Å². The molecule has 7 nitrogen and oxygen atoms in total. The number of ether oxygens (including phenoxy) is 2. The van der Waals surface area contributed by atoms with Crippen LogP contribution >= 0.6 is 34.8 Å². The van der Waals surface area contributed by atoms with Crippen LogP contribution in [0.1, 0.15) is 48.5 Å². The Labute approximate surface area is 223 Å². The maximum atomic E-state index is 12.4. The number of halogens is 3. The first-order chi connectivity index (χ1) is 17.4. The Balaban J connectivity index is 1.39. The van der Waals surface area contributed by atoms with Crippen LogP contribution in [0.2, 0.25) is 15.1 Å². The quantitative estimate of drug-likeness (QED) is 0.268. The van der Waals surface area contributed by atoms with Gasteiger partial charge in [-0.3, -0.25) is 9.59 Å². The van der Waals surface area contributed by atoms with Crippen molar-refractivity contribution in [1.29, 1.82) is 0 Å².